The average Bonchev–Trinajstić information content (AvgIpc) is 2.56. The van der Waals surface area contributed by atoms with Crippen LogP contribution in [0.1, 0.15) is 17.3 Å². The zero-order chi connectivity index (χ0) is 18.4. The zero-order valence-corrected chi connectivity index (χ0v) is 14.6. The van der Waals surface area contributed by atoms with Gasteiger partial charge in [0.05, 0.1) is 10.6 Å². The van der Waals surface area contributed by atoms with Crippen LogP contribution >= 0.6 is 23.2 Å². The smallest absolute Gasteiger partial charge is 0.340 e. The average molecular weight is 381 g/mol. The minimum Gasteiger partial charge on any atom is -0.452 e. The SMILES string of the molecule is CC(=O)Nc1ccc(NC(=O)COC(=O)c2cc(Cl)ccc2Cl)cc1. The van der Waals surface area contributed by atoms with Crippen LogP contribution in [0, 0.1) is 0 Å². The van der Waals surface area contributed by atoms with E-state index in [-0.39, 0.29) is 16.5 Å². The van der Waals surface area contributed by atoms with Gasteiger partial charge in [-0.2, -0.15) is 0 Å². The largest absolute Gasteiger partial charge is 0.452 e. The first-order valence-electron chi connectivity index (χ1n) is 7.15. The fourth-order valence-electron chi connectivity index (χ4n) is 1.90. The van der Waals surface area contributed by atoms with Crippen LogP contribution in [0.5, 0.6) is 0 Å². The number of rotatable bonds is 5. The second-order valence-corrected chi connectivity index (χ2v) is 5.85. The highest BCUT2D eigenvalue weighted by Gasteiger charge is 2.14. The monoisotopic (exact) mass is 380 g/mol. The van der Waals surface area contributed by atoms with Crippen molar-refractivity contribution in [3.63, 3.8) is 0 Å². The number of hydrogen-bond acceptors (Lipinski definition) is 4. The van der Waals surface area contributed by atoms with Gasteiger partial charge >= 0.3 is 5.97 Å². The van der Waals surface area contributed by atoms with Crippen molar-refractivity contribution < 1.29 is 19.1 Å². The molecule has 0 fully saturated rings. The minimum absolute atomic E-state index is 0.0848. The third-order valence-corrected chi connectivity index (χ3v) is 3.54. The quantitative estimate of drug-likeness (QED) is 0.773. The van der Waals surface area contributed by atoms with Crippen molar-refractivity contribution >= 4 is 52.4 Å². The molecule has 0 aliphatic carbocycles. The van der Waals surface area contributed by atoms with Crippen LogP contribution in [0.2, 0.25) is 10.0 Å². The van der Waals surface area contributed by atoms with Crippen LogP contribution in [0.3, 0.4) is 0 Å². The molecule has 0 atom stereocenters. The van der Waals surface area contributed by atoms with E-state index in [1.165, 1.54) is 25.1 Å². The topological polar surface area (TPSA) is 84.5 Å². The zero-order valence-electron chi connectivity index (χ0n) is 13.1. The van der Waals surface area contributed by atoms with Gasteiger partial charge in [-0.15, -0.1) is 0 Å². The van der Waals surface area contributed by atoms with E-state index in [0.717, 1.165) is 0 Å². The molecule has 0 bridgehead atoms. The third-order valence-electron chi connectivity index (χ3n) is 2.97. The van der Waals surface area contributed by atoms with Crippen molar-refractivity contribution in [2.45, 2.75) is 6.92 Å². The second-order valence-electron chi connectivity index (χ2n) is 5.01. The molecule has 0 saturated carbocycles. The number of hydrogen-bond donors (Lipinski definition) is 2. The van der Waals surface area contributed by atoms with Crippen molar-refractivity contribution in [3.05, 3.63) is 58.1 Å². The van der Waals surface area contributed by atoms with Crippen LogP contribution in [-0.2, 0) is 14.3 Å². The van der Waals surface area contributed by atoms with Gasteiger partial charge in [-0.25, -0.2) is 4.79 Å². The summed E-state index contributed by atoms with van der Waals surface area (Å²) in [5.74, 6) is -1.45. The van der Waals surface area contributed by atoms with E-state index in [1.54, 1.807) is 24.3 Å². The molecular formula is C17H14Cl2N2O4. The molecule has 2 N–H and O–H groups in total. The second kappa shape index (κ2) is 8.50. The molecule has 0 aromatic heterocycles. The number of nitrogens with one attached hydrogen (secondary N) is 2. The first-order chi connectivity index (χ1) is 11.8. The van der Waals surface area contributed by atoms with E-state index in [9.17, 15) is 14.4 Å². The summed E-state index contributed by atoms with van der Waals surface area (Å²) < 4.78 is 4.92. The lowest BCUT2D eigenvalue weighted by atomic mass is 10.2. The molecule has 0 heterocycles. The predicted molar refractivity (Wildman–Crippen MR) is 96.1 cm³/mol. The molecule has 2 aromatic carbocycles. The molecule has 0 radical (unpaired) electrons. The maximum absolute atomic E-state index is 11.9. The van der Waals surface area contributed by atoms with Crippen molar-refractivity contribution in [2.75, 3.05) is 17.2 Å². The number of halogens is 2. The van der Waals surface area contributed by atoms with Crippen LogP contribution in [0.25, 0.3) is 0 Å². The Morgan fingerprint density at radius 2 is 1.56 bits per heavy atom. The Hall–Kier alpha value is -2.57. The molecule has 0 aliphatic heterocycles. The number of amides is 2. The number of ether oxygens (including phenoxy) is 1. The highest BCUT2D eigenvalue weighted by molar-refractivity contribution is 6.35. The molecule has 0 spiro atoms. The maximum Gasteiger partial charge on any atom is 0.340 e. The Balaban J connectivity index is 1.89. The summed E-state index contributed by atoms with van der Waals surface area (Å²) in [7, 11) is 0. The lowest BCUT2D eigenvalue weighted by Gasteiger charge is -2.08. The van der Waals surface area contributed by atoms with Crippen molar-refractivity contribution in [1.29, 1.82) is 0 Å². The summed E-state index contributed by atoms with van der Waals surface area (Å²) in [6, 6.07) is 10.9. The summed E-state index contributed by atoms with van der Waals surface area (Å²) in [5, 5.41) is 5.69. The van der Waals surface area contributed by atoms with Gasteiger partial charge in [-0.05, 0) is 42.5 Å². The molecule has 25 heavy (non-hydrogen) atoms. The standard InChI is InChI=1S/C17H14Cl2N2O4/c1-10(22)20-12-3-5-13(6-4-12)21-16(23)9-25-17(24)14-8-11(18)2-7-15(14)19/h2-8H,9H2,1H3,(H,20,22)(H,21,23). The predicted octanol–water partition coefficient (Wildman–Crippen LogP) is 3.75. The van der Waals surface area contributed by atoms with E-state index in [2.05, 4.69) is 10.6 Å². The number of carbonyl (C=O) groups excluding carboxylic acids is 3. The maximum atomic E-state index is 11.9. The summed E-state index contributed by atoms with van der Waals surface area (Å²) in [4.78, 5) is 34.7. The summed E-state index contributed by atoms with van der Waals surface area (Å²) in [5.41, 5.74) is 1.19. The van der Waals surface area contributed by atoms with Gasteiger partial charge in [-0.1, -0.05) is 23.2 Å². The molecule has 2 rings (SSSR count). The fourth-order valence-corrected chi connectivity index (χ4v) is 2.27. The Kier molecular flexibility index (Phi) is 6.38. The lowest BCUT2D eigenvalue weighted by molar-refractivity contribution is -0.119. The van der Waals surface area contributed by atoms with Gasteiger partial charge in [-0.3, -0.25) is 9.59 Å². The van der Waals surface area contributed by atoms with E-state index >= 15 is 0 Å². The van der Waals surface area contributed by atoms with Crippen LogP contribution in [0.15, 0.2) is 42.5 Å². The first kappa shape index (κ1) is 18.8. The highest BCUT2D eigenvalue weighted by atomic mass is 35.5. The van der Waals surface area contributed by atoms with E-state index in [0.29, 0.717) is 16.4 Å². The molecule has 0 unspecified atom stereocenters. The Labute approximate surface area is 154 Å². The Bertz CT molecular complexity index is 807. The highest BCUT2D eigenvalue weighted by Crippen LogP contribution is 2.21. The summed E-state index contributed by atoms with van der Waals surface area (Å²) >= 11 is 11.7. The van der Waals surface area contributed by atoms with Crippen LogP contribution in [0.4, 0.5) is 11.4 Å². The molecular weight excluding hydrogens is 367 g/mol. The van der Waals surface area contributed by atoms with Crippen LogP contribution in [-0.4, -0.2) is 24.4 Å². The fraction of sp³-hybridized carbons (Fsp3) is 0.118. The van der Waals surface area contributed by atoms with E-state index in [1.807, 2.05) is 0 Å². The molecule has 6 nitrogen and oxygen atoms in total. The van der Waals surface area contributed by atoms with E-state index < -0.39 is 18.5 Å². The van der Waals surface area contributed by atoms with Crippen LogP contribution < -0.4 is 10.6 Å². The van der Waals surface area contributed by atoms with Gasteiger partial charge < -0.3 is 15.4 Å². The van der Waals surface area contributed by atoms with Gasteiger partial charge in [0.15, 0.2) is 6.61 Å². The summed E-state index contributed by atoms with van der Waals surface area (Å²) in [6.45, 7) is 0.922. The molecule has 8 heteroatoms. The van der Waals surface area contributed by atoms with Gasteiger partial charge in [0.1, 0.15) is 0 Å². The number of anilines is 2. The number of esters is 1. The normalized spacial score (nSPS) is 10.0. The summed E-state index contributed by atoms with van der Waals surface area (Å²) in [6.07, 6.45) is 0. The number of benzene rings is 2. The first-order valence-corrected chi connectivity index (χ1v) is 7.90. The van der Waals surface area contributed by atoms with Crippen molar-refractivity contribution in [2.24, 2.45) is 0 Å². The molecule has 2 aromatic rings. The molecule has 0 saturated heterocycles. The van der Waals surface area contributed by atoms with Crippen molar-refractivity contribution in [3.8, 4) is 0 Å². The van der Waals surface area contributed by atoms with E-state index in [4.69, 9.17) is 27.9 Å². The Morgan fingerprint density at radius 1 is 0.960 bits per heavy atom. The van der Waals surface area contributed by atoms with Gasteiger partial charge in [0, 0.05) is 23.3 Å². The lowest BCUT2D eigenvalue weighted by Crippen LogP contribution is -2.21. The van der Waals surface area contributed by atoms with Crippen molar-refractivity contribution in [1.82, 2.24) is 0 Å². The van der Waals surface area contributed by atoms with Gasteiger partial charge in [0.2, 0.25) is 5.91 Å². The Morgan fingerprint density at radius 3 is 2.16 bits per heavy atom. The minimum atomic E-state index is -0.747. The molecule has 130 valence electrons. The number of carbonyl (C=O) groups is 3. The third kappa shape index (κ3) is 5.77. The van der Waals surface area contributed by atoms with Gasteiger partial charge in [0.25, 0.3) is 5.91 Å². The molecule has 0 aliphatic rings. The molecule has 2 amide bonds.